The molecule has 0 amide bonds. The van der Waals surface area contributed by atoms with Crippen LogP contribution in [-0.4, -0.2) is 36.1 Å². The number of aromatic nitrogens is 1. The molecule has 2 heterocycles. The number of nitrogens with zero attached hydrogens (tertiary/aromatic N) is 1. The number of nitrogens with one attached hydrogen (secondary N) is 1. The summed E-state index contributed by atoms with van der Waals surface area (Å²) >= 11 is 0. The first-order valence-corrected chi connectivity index (χ1v) is 10.4. The molecule has 2 N–H and O–H groups in total. The van der Waals surface area contributed by atoms with Gasteiger partial charge < -0.3 is 19.7 Å². The smallest absolute Gasteiger partial charge is 0.152 e. The average Bonchev–Trinajstić information content (AvgIpc) is 3.16. The third-order valence-electron chi connectivity index (χ3n) is 6.09. The Hall–Kier alpha value is -2.63. The van der Waals surface area contributed by atoms with E-state index < -0.39 is 0 Å². The van der Waals surface area contributed by atoms with E-state index in [-0.39, 0.29) is 11.2 Å². The second-order valence-electron chi connectivity index (χ2n) is 8.19. The fourth-order valence-corrected chi connectivity index (χ4v) is 4.25. The molecule has 0 spiro atoms. The lowest BCUT2D eigenvalue weighted by atomic mass is 9.91. The highest BCUT2D eigenvalue weighted by molar-refractivity contribution is 5.83. The average molecular weight is 390 g/mol. The fraction of sp³-hybridized carbons (Fsp3) is 0.375. The maximum atomic E-state index is 9.66. The van der Waals surface area contributed by atoms with Crippen LogP contribution in [-0.2, 0) is 10.2 Å². The Morgan fingerprint density at radius 1 is 1.03 bits per heavy atom. The van der Waals surface area contributed by atoms with E-state index in [4.69, 9.17) is 9.26 Å². The summed E-state index contributed by atoms with van der Waals surface area (Å²) in [5, 5.41) is 17.8. The van der Waals surface area contributed by atoms with Gasteiger partial charge in [-0.05, 0) is 55.5 Å². The second-order valence-corrected chi connectivity index (χ2v) is 8.19. The van der Waals surface area contributed by atoms with Crippen LogP contribution < -0.4 is 5.32 Å². The van der Waals surface area contributed by atoms with E-state index in [2.05, 4.69) is 22.6 Å². The van der Waals surface area contributed by atoms with Gasteiger partial charge in [-0.3, -0.25) is 0 Å². The molecule has 1 aliphatic carbocycles. The van der Waals surface area contributed by atoms with Crippen molar-refractivity contribution >= 4 is 0 Å². The van der Waals surface area contributed by atoms with Crippen molar-refractivity contribution < 1.29 is 14.4 Å². The lowest BCUT2D eigenvalue weighted by Crippen LogP contribution is -2.33. The van der Waals surface area contributed by atoms with Gasteiger partial charge in [0.2, 0.25) is 0 Å². The van der Waals surface area contributed by atoms with Gasteiger partial charge >= 0.3 is 0 Å². The van der Waals surface area contributed by atoms with Gasteiger partial charge in [-0.1, -0.05) is 35.5 Å². The molecular formula is C24H26N2O3. The number of phenols is 1. The van der Waals surface area contributed by atoms with E-state index in [0.717, 1.165) is 73.5 Å². The van der Waals surface area contributed by atoms with Crippen LogP contribution >= 0.6 is 0 Å². The Morgan fingerprint density at radius 2 is 1.83 bits per heavy atom. The van der Waals surface area contributed by atoms with Crippen LogP contribution in [0.15, 0.2) is 59.1 Å². The van der Waals surface area contributed by atoms with Crippen LogP contribution in [0.3, 0.4) is 0 Å². The van der Waals surface area contributed by atoms with Gasteiger partial charge in [-0.15, -0.1) is 0 Å². The number of benzene rings is 2. The molecule has 1 saturated heterocycles. The lowest BCUT2D eigenvalue weighted by Gasteiger charge is -2.17. The number of rotatable bonds is 7. The Kier molecular flexibility index (Phi) is 4.86. The quantitative estimate of drug-likeness (QED) is 0.621. The van der Waals surface area contributed by atoms with Crippen molar-refractivity contribution in [3.8, 4) is 28.1 Å². The van der Waals surface area contributed by atoms with Crippen molar-refractivity contribution in [3.63, 3.8) is 0 Å². The highest BCUT2D eigenvalue weighted by Crippen LogP contribution is 2.52. The van der Waals surface area contributed by atoms with E-state index in [1.807, 2.05) is 30.3 Å². The Balaban J connectivity index is 1.47. The summed E-state index contributed by atoms with van der Waals surface area (Å²) in [5.41, 5.74) is 3.94. The molecule has 1 atom stereocenters. The van der Waals surface area contributed by atoms with Crippen molar-refractivity contribution in [1.82, 2.24) is 10.5 Å². The molecule has 150 valence electrons. The summed E-state index contributed by atoms with van der Waals surface area (Å²) < 4.78 is 11.7. The SMILES string of the molecule is Oc1ccc(-c2noc(C3(CNCC4CCCO4)CC3)c2-c2ccccc2)cc1. The summed E-state index contributed by atoms with van der Waals surface area (Å²) in [4.78, 5) is 0. The minimum absolute atomic E-state index is 0.00799. The molecule has 1 aliphatic heterocycles. The minimum atomic E-state index is -0.00799. The van der Waals surface area contributed by atoms with Crippen molar-refractivity contribution in [3.05, 3.63) is 60.4 Å². The molecule has 2 aliphatic rings. The summed E-state index contributed by atoms with van der Waals surface area (Å²) in [6.45, 7) is 2.64. The molecule has 5 rings (SSSR count). The molecular weight excluding hydrogens is 364 g/mol. The lowest BCUT2D eigenvalue weighted by molar-refractivity contribution is 0.109. The molecule has 3 aromatic rings. The van der Waals surface area contributed by atoms with Gasteiger partial charge in [0.1, 0.15) is 11.4 Å². The molecule has 2 aromatic carbocycles. The van der Waals surface area contributed by atoms with E-state index in [9.17, 15) is 5.11 Å². The standard InChI is InChI=1S/C24H26N2O3/c27-19-10-8-18(9-11-19)22-21(17-5-2-1-3-6-17)23(29-26-22)24(12-13-24)16-25-15-20-7-4-14-28-20/h1-3,5-6,8-11,20,25,27H,4,7,12-16H2. The van der Waals surface area contributed by atoms with Crippen molar-refractivity contribution in [2.24, 2.45) is 0 Å². The first-order valence-electron chi connectivity index (χ1n) is 10.4. The number of hydrogen-bond acceptors (Lipinski definition) is 5. The van der Waals surface area contributed by atoms with Crippen molar-refractivity contribution in [2.45, 2.75) is 37.2 Å². The molecule has 5 heteroatoms. The van der Waals surface area contributed by atoms with E-state index in [1.165, 1.54) is 0 Å². The third kappa shape index (κ3) is 3.68. The van der Waals surface area contributed by atoms with Crippen molar-refractivity contribution in [1.29, 1.82) is 0 Å². The molecule has 1 aromatic heterocycles. The van der Waals surface area contributed by atoms with Gasteiger partial charge in [-0.2, -0.15) is 0 Å². The van der Waals surface area contributed by atoms with Gasteiger partial charge in [0.15, 0.2) is 5.76 Å². The topological polar surface area (TPSA) is 67.5 Å². The second kappa shape index (κ2) is 7.65. The number of aromatic hydroxyl groups is 1. The van der Waals surface area contributed by atoms with Crippen molar-refractivity contribution in [2.75, 3.05) is 19.7 Å². The van der Waals surface area contributed by atoms with Crippen LogP contribution in [0, 0.1) is 0 Å². The third-order valence-corrected chi connectivity index (χ3v) is 6.09. The molecule has 1 unspecified atom stereocenters. The highest BCUT2D eigenvalue weighted by atomic mass is 16.5. The van der Waals surface area contributed by atoms with Crippen LogP contribution in [0.1, 0.15) is 31.4 Å². The van der Waals surface area contributed by atoms with E-state index in [0.29, 0.717) is 6.10 Å². The summed E-state index contributed by atoms with van der Waals surface area (Å²) in [7, 11) is 0. The summed E-state index contributed by atoms with van der Waals surface area (Å²) in [5.74, 6) is 1.21. The van der Waals surface area contributed by atoms with Crippen LogP contribution in [0.2, 0.25) is 0 Å². The van der Waals surface area contributed by atoms with Gasteiger partial charge in [0.05, 0.1) is 11.7 Å². The molecule has 0 bridgehead atoms. The van der Waals surface area contributed by atoms with Crippen LogP contribution in [0.5, 0.6) is 5.75 Å². The van der Waals surface area contributed by atoms with E-state index >= 15 is 0 Å². The normalized spacial score (nSPS) is 20.1. The first kappa shape index (κ1) is 18.4. The molecule has 2 fully saturated rings. The molecule has 5 nitrogen and oxygen atoms in total. The Bertz CT molecular complexity index is 956. The number of hydrogen-bond donors (Lipinski definition) is 2. The monoisotopic (exact) mass is 390 g/mol. The Morgan fingerprint density at radius 3 is 2.52 bits per heavy atom. The largest absolute Gasteiger partial charge is 0.508 e. The zero-order valence-corrected chi connectivity index (χ0v) is 16.4. The zero-order valence-electron chi connectivity index (χ0n) is 16.4. The van der Waals surface area contributed by atoms with Crippen LogP contribution in [0.25, 0.3) is 22.4 Å². The summed E-state index contributed by atoms with van der Waals surface area (Å²) in [6, 6.07) is 17.5. The van der Waals surface area contributed by atoms with E-state index in [1.54, 1.807) is 12.1 Å². The summed E-state index contributed by atoms with van der Waals surface area (Å²) in [6.07, 6.45) is 4.82. The fourth-order valence-electron chi connectivity index (χ4n) is 4.25. The predicted octanol–water partition coefficient (Wildman–Crippen LogP) is 4.51. The first-order chi connectivity index (χ1) is 14.3. The molecule has 29 heavy (non-hydrogen) atoms. The highest BCUT2D eigenvalue weighted by Gasteiger charge is 2.49. The Labute approximate surface area is 170 Å². The molecule has 0 radical (unpaired) electrons. The maximum absolute atomic E-state index is 9.66. The predicted molar refractivity (Wildman–Crippen MR) is 112 cm³/mol. The van der Waals surface area contributed by atoms with Gasteiger partial charge in [0, 0.05) is 30.7 Å². The number of ether oxygens (including phenoxy) is 1. The van der Waals surface area contributed by atoms with Gasteiger partial charge in [-0.25, -0.2) is 0 Å². The van der Waals surface area contributed by atoms with Gasteiger partial charge in [0.25, 0.3) is 0 Å². The van der Waals surface area contributed by atoms with Crippen LogP contribution in [0.4, 0.5) is 0 Å². The minimum Gasteiger partial charge on any atom is -0.508 e. The maximum Gasteiger partial charge on any atom is 0.152 e. The molecule has 1 saturated carbocycles. The zero-order chi connectivity index (χ0) is 19.7. The number of phenolic OH excluding ortho intramolecular Hbond substituents is 1.